The first-order chi connectivity index (χ1) is 11.1. The number of hydrogen-bond acceptors (Lipinski definition) is 4. The van der Waals surface area contributed by atoms with Gasteiger partial charge in [-0.25, -0.2) is 4.57 Å². The fourth-order valence-corrected chi connectivity index (χ4v) is 2.96. The summed E-state index contributed by atoms with van der Waals surface area (Å²) >= 11 is 6.05. The molecule has 0 atom stereocenters. The molecule has 1 N–H and O–H groups in total. The number of nitrogens with one attached hydrogen (secondary N) is 1. The number of aromatic amines is 1. The maximum absolute atomic E-state index is 12.9. The van der Waals surface area contributed by atoms with Crippen LogP contribution in [0.25, 0.3) is 16.6 Å². The number of aromatic nitrogens is 5. The lowest BCUT2D eigenvalue weighted by Crippen LogP contribution is -2.35. The molecular weight excluding hydrogens is 318 g/mol. The van der Waals surface area contributed by atoms with Crippen molar-refractivity contribution in [3.05, 3.63) is 56.8 Å². The van der Waals surface area contributed by atoms with E-state index in [2.05, 4.69) is 15.5 Å². The molecule has 3 heterocycles. The molecule has 0 bridgehead atoms. The summed E-state index contributed by atoms with van der Waals surface area (Å²) in [5.74, 6) is 0.697. The van der Waals surface area contributed by atoms with Crippen LogP contribution in [0.2, 0.25) is 5.02 Å². The van der Waals surface area contributed by atoms with Crippen molar-refractivity contribution < 1.29 is 9.04 Å². The van der Waals surface area contributed by atoms with Gasteiger partial charge in [-0.3, -0.25) is 4.79 Å². The van der Waals surface area contributed by atoms with Crippen LogP contribution in [-0.4, -0.2) is 20.0 Å². The van der Waals surface area contributed by atoms with Gasteiger partial charge in [-0.1, -0.05) is 16.8 Å². The fourth-order valence-electron chi connectivity index (χ4n) is 2.78. The van der Waals surface area contributed by atoms with Gasteiger partial charge in [-0.15, -0.1) is 9.73 Å². The molecule has 0 amide bonds. The van der Waals surface area contributed by atoms with Crippen LogP contribution in [0.4, 0.5) is 0 Å². The Bertz CT molecular complexity index is 1090. The minimum atomic E-state index is -0.135. The zero-order valence-electron chi connectivity index (χ0n) is 12.5. The van der Waals surface area contributed by atoms with Crippen molar-refractivity contribution in [2.75, 3.05) is 0 Å². The minimum Gasteiger partial charge on any atom is -0.361 e. The molecule has 0 aliphatic heterocycles. The molecule has 8 heteroatoms. The highest BCUT2D eigenvalue weighted by Gasteiger charge is 2.21. The van der Waals surface area contributed by atoms with Crippen LogP contribution >= 0.6 is 11.6 Å². The highest BCUT2D eigenvalue weighted by molar-refractivity contribution is 6.31. The predicted molar refractivity (Wildman–Crippen MR) is 83.6 cm³/mol. The van der Waals surface area contributed by atoms with E-state index in [1.807, 2.05) is 13.8 Å². The zero-order chi connectivity index (χ0) is 16.1. The summed E-state index contributed by atoms with van der Waals surface area (Å²) in [6, 6.07) is 5.20. The van der Waals surface area contributed by atoms with Crippen molar-refractivity contribution in [3.8, 4) is 0 Å². The lowest BCUT2D eigenvalue weighted by molar-refractivity contribution is -0.557. The molecule has 23 heavy (non-hydrogen) atoms. The van der Waals surface area contributed by atoms with Crippen molar-refractivity contribution in [2.24, 2.45) is 0 Å². The summed E-state index contributed by atoms with van der Waals surface area (Å²) in [6.45, 7) is 4.04. The van der Waals surface area contributed by atoms with Crippen molar-refractivity contribution in [1.29, 1.82) is 0 Å². The maximum atomic E-state index is 12.9. The molecule has 7 nitrogen and oxygen atoms in total. The Morgan fingerprint density at radius 1 is 1.39 bits per heavy atom. The van der Waals surface area contributed by atoms with E-state index in [0.29, 0.717) is 28.4 Å². The summed E-state index contributed by atoms with van der Waals surface area (Å²) in [6.07, 6.45) is 1.62. The van der Waals surface area contributed by atoms with Crippen molar-refractivity contribution in [1.82, 2.24) is 20.0 Å². The molecule has 0 saturated heterocycles. The third kappa shape index (κ3) is 2.04. The quantitative estimate of drug-likeness (QED) is 0.568. The molecule has 116 valence electrons. The van der Waals surface area contributed by atoms with E-state index >= 15 is 0 Å². The van der Waals surface area contributed by atoms with E-state index in [1.54, 1.807) is 33.5 Å². The summed E-state index contributed by atoms with van der Waals surface area (Å²) in [7, 11) is 0. The van der Waals surface area contributed by atoms with Gasteiger partial charge in [0.1, 0.15) is 17.8 Å². The van der Waals surface area contributed by atoms with Gasteiger partial charge in [0.05, 0.1) is 16.6 Å². The highest BCUT2D eigenvalue weighted by Crippen LogP contribution is 2.17. The van der Waals surface area contributed by atoms with Gasteiger partial charge in [0.2, 0.25) is 6.20 Å². The molecule has 0 unspecified atom stereocenters. The van der Waals surface area contributed by atoms with Gasteiger partial charge < -0.3 is 4.52 Å². The first-order valence-corrected chi connectivity index (χ1v) is 7.43. The number of benzene rings is 1. The third-order valence-corrected chi connectivity index (χ3v) is 4.25. The Kier molecular flexibility index (Phi) is 2.99. The molecular formula is C15H13ClN5O2+. The smallest absolute Gasteiger partial charge is 0.318 e. The normalized spacial score (nSPS) is 11.6. The molecule has 4 rings (SSSR count). The zero-order valence-corrected chi connectivity index (χ0v) is 13.3. The van der Waals surface area contributed by atoms with E-state index in [4.69, 9.17) is 16.1 Å². The molecule has 0 aliphatic rings. The number of aryl methyl sites for hydroxylation is 2. The first-order valence-electron chi connectivity index (χ1n) is 7.05. The summed E-state index contributed by atoms with van der Waals surface area (Å²) in [5, 5.41) is 11.9. The third-order valence-electron chi connectivity index (χ3n) is 4.02. The lowest BCUT2D eigenvalue weighted by atomic mass is 10.2. The standard InChI is InChI=1S/C15H12ClN5O2/c1-8-12(9(2)23-18-8)7-20-14-6-17-19-21(14)13-4-3-10(16)5-11(13)15(20)22/h3-6H,7H2,1-2H3/p+1. The van der Waals surface area contributed by atoms with Gasteiger partial charge in [0.25, 0.3) is 5.65 Å². The van der Waals surface area contributed by atoms with Crippen LogP contribution in [0.3, 0.4) is 0 Å². The second-order valence-electron chi connectivity index (χ2n) is 5.41. The van der Waals surface area contributed by atoms with E-state index in [-0.39, 0.29) is 5.56 Å². The van der Waals surface area contributed by atoms with Crippen LogP contribution in [0.15, 0.2) is 33.7 Å². The first kappa shape index (κ1) is 14.0. The predicted octanol–water partition coefficient (Wildman–Crippen LogP) is 1.77. The summed E-state index contributed by atoms with van der Waals surface area (Å²) < 4.78 is 8.58. The van der Waals surface area contributed by atoms with Crippen molar-refractivity contribution >= 4 is 28.2 Å². The summed E-state index contributed by atoms with van der Waals surface area (Å²) in [4.78, 5) is 12.9. The molecule has 0 saturated carbocycles. The van der Waals surface area contributed by atoms with Gasteiger partial charge in [0, 0.05) is 5.02 Å². The summed E-state index contributed by atoms with van der Waals surface area (Å²) in [5.41, 5.74) is 2.90. The SMILES string of the molecule is Cc1noc(C)c1Cn1c(=O)c2cc(Cl)ccc2[n+]2[nH]ncc12. The van der Waals surface area contributed by atoms with E-state index < -0.39 is 0 Å². The Balaban J connectivity index is 2.07. The van der Waals surface area contributed by atoms with E-state index in [9.17, 15) is 4.79 Å². The van der Waals surface area contributed by atoms with Crippen LogP contribution in [-0.2, 0) is 6.54 Å². The van der Waals surface area contributed by atoms with Crippen LogP contribution < -0.4 is 10.1 Å². The highest BCUT2D eigenvalue weighted by atomic mass is 35.5. The minimum absolute atomic E-state index is 0.135. The average Bonchev–Trinajstić information content (AvgIpc) is 3.12. The van der Waals surface area contributed by atoms with Crippen molar-refractivity contribution in [3.63, 3.8) is 0 Å². The largest absolute Gasteiger partial charge is 0.361 e. The fraction of sp³-hybridized carbons (Fsp3) is 0.200. The Morgan fingerprint density at radius 3 is 2.96 bits per heavy atom. The number of nitrogens with zero attached hydrogens (tertiary/aromatic N) is 4. The van der Waals surface area contributed by atoms with Gasteiger partial charge >= 0.3 is 5.56 Å². The monoisotopic (exact) mass is 330 g/mol. The van der Waals surface area contributed by atoms with Gasteiger partial charge in [0.15, 0.2) is 0 Å². The number of fused-ring (bicyclic) bond motifs is 3. The molecule has 0 radical (unpaired) electrons. The number of rotatable bonds is 2. The second-order valence-corrected chi connectivity index (χ2v) is 5.84. The topological polar surface area (TPSA) is 80.8 Å². The van der Waals surface area contributed by atoms with Crippen molar-refractivity contribution in [2.45, 2.75) is 20.4 Å². The maximum Gasteiger partial charge on any atom is 0.318 e. The number of hydrogen-bond donors (Lipinski definition) is 1. The molecule has 0 aliphatic carbocycles. The molecule has 3 aromatic heterocycles. The van der Waals surface area contributed by atoms with Crippen LogP contribution in [0.1, 0.15) is 17.0 Å². The van der Waals surface area contributed by atoms with Crippen LogP contribution in [0, 0.1) is 13.8 Å². The van der Waals surface area contributed by atoms with Gasteiger partial charge in [-0.05, 0) is 37.1 Å². The molecule has 1 aromatic carbocycles. The Hall–Kier alpha value is -2.67. The van der Waals surface area contributed by atoms with Gasteiger partial charge in [-0.2, -0.15) is 0 Å². The second kappa shape index (κ2) is 4.92. The molecule has 4 aromatic rings. The average molecular weight is 331 g/mol. The molecule has 0 fully saturated rings. The number of H-pyrrole nitrogens is 1. The van der Waals surface area contributed by atoms with E-state index in [0.717, 1.165) is 16.8 Å². The van der Waals surface area contributed by atoms with Crippen LogP contribution in [0.5, 0.6) is 0 Å². The van der Waals surface area contributed by atoms with E-state index in [1.165, 1.54) is 0 Å². The molecule has 0 spiro atoms. The lowest BCUT2D eigenvalue weighted by Gasteiger charge is -2.05. The Morgan fingerprint density at radius 2 is 2.22 bits per heavy atom. The number of halogens is 1. The Labute approximate surface area is 135 Å².